The third-order valence-corrected chi connectivity index (χ3v) is 2.99. The average molecular weight is 282 g/mol. The Hall–Kier alpha value is -1.51. The predicted octanol–water partition coefficient (Wildman–Crippen LogP) is -0.326. The fourth-order valence-corrected chi connectivity index (χ4v) is 1.90. The van der Waals surface area contributed by atoms with Crippen LogP contribution in [0.25, 0.3) is 0 Å². The molecule has 0 amide bonds. The van der Waals surface area contributed by atoms with Gasteiger partial charge < -0.3 is 20.1 Å². The summed E-state index contributed by atoms with van der Waals surface area (Å²) in [5, 5.41) is 14.2. The van der Waals surface area contributed by atoms with Gasteiger partial charge in [-0.25, -0.2) is 0 Å². The third kappa shape index (κ3) is 5.24. The van der Waals surface area contributed by atoms with Gasteiger partial charge in [-0.1, -0.05) is 0 Å². The second kappa shape index (κ2) is 8.62. The van der Waals surface area contributed by atoms with E-state index >= 15 is 0 Å². The van der Waals surface area contributed by atoms with Crippen LogP contribution in [0.2, 0.25) is 0 Å². The van der Waals surface area contributed by atoms with E-state index in [9.17, 15) is 0 Å². The highest BCUT2D eigenvalue weighted by molar-refractivity contribution is 5.36. The highest BCUT2D eigenvalue weighted by Gasteiger charge is 2.09. The number of hydrogen-bond acceptors (Lipinski definition) is 8. The highest BCUT2D eigenvalue weighted by atomic mass is 16.5. The zero-order valence-corrected chi connectivity index (χ0v) is 11.8. The van der Waals surface area contributed by atoms with Gasteiger partial charge in [0.2, 0.25) is 5.95 Å². The Labute approximate surface area is 118 Å². The first-order chi connectivity index (χ1) is 9.88. The molecule has 0 unspecified atom stereocenters. The van der Waals surface area contributed by atoms with E-state index in [0.717, 1.165) is 39.4 Å². The number of aromatic nitrogens is 3. The van der Waals surface area contributed by atoms with Crippen LogP contribution >= 0.6 is 0 Å². The molecule has 8 nitrogen and oxygen atoms in total. The summed E-state index contributed by atoms with van der Waals surface area (Å²) in [5.74, 6) is 1.24. The van der Waals surface area contributed by atoms with Crippen LogP contribution in [0.15, 0.2) is 6.20 Å². The van der Waals surface area contributed by atoms with Crippen molar-refractivity contribution >= 4 is 11.8 Å². The van der Waals surface area contributed by atoms with Crippen molar-refractivity contribution in [1.29, 1.82) is 0 Å². The van der Waals surface area contributed by atoms with Crippen molar-refractivity contribution in [3.8, 4) is 0 Å². The Morgan fingerprint density at radius 3 is 2.95 bits per heavy atom. The van der Waals surface area contributed by atoms with Gasteiger partial charge in [0, 0.05) is 39.8 Å². The second-order valence-corrected chi connectivity index (χ2v) is 4.47. The predicted molar refractivity (Wildman–Crippen MR) is 75.9 cm³/mol. The molecule has 0 aliphatic carbocycles. The molecule has 0 spiro atoms. The summed E-state index contributed by atoms with van der Waals surface area (Å²) in [4.78, 5) is 6.68. The summed E-state index contributed by atoms with van der Waals surface area (Å²) < 4.78 is 10.3. The molecule has 1 fully saturated rings. The molecule has 0 atom stereocenters. The van der Waals surface area contributed by atoms with Crippen LogP contribution < -0.4 is 10.6 Å². The van der Waals surface area contributed by atoms with Crippen LogP contribution in [0.5, 0.6) is 0 Å². The Bertz CT molecular complexity index is 386. The summed E-state index contributed by atoms with van der Waals surface area (Å²) >= 11 is 0. The molecule has 1 aliphatic rings. The molecule has 0 bridgehead atoms. The molecule has 1 aliphatic heterocycles. The maximum atomic E-state index is 5.31. The molecule has 1 saturated heterocycles. The lowest BCUT2D eigenvalue weighted by atomic mass is 10.4. The number of hydrogen-bond donors (Lipinski definition) is 2. The van der Waals surface area contributed by atoms with Gasteiger partial charge in [0.1, 0.15) is 0 Å². The van der Waals surface area contributed by atoms with Gasteiger partial charge in [-0.2, -0.15) is 10.1 Å². The average Bonchev–Trinajstić information content (AvgIpc) is 2.49. The third-order valence-electron chi connectivity index (χ3n) is 2.99. The van der Waals surface area contributed by atoms with Crippen LogP contribution in [0.3, 0.4) is 0 Å². The molecular formula is C12H22N6O2. The standard InChI is InChI=1S/C12H22N6O2/c1-19-7-3-13-11-10-15-17-12(16-11)14-2-4-18-5-8-20-9-6-18/h10H,2-9H2,1H3,(H2,13,14,16,17). The lowest BCUT2D eigenvalue weighted by Gasteiger charge is -2.26. The zero-order valence-electron chi connectivity index (χ0n) is 11.8. The fraction of sp³-hybridized carbons (Fsp3) is 0.750. The van der Waals surface area contributed by atoms with Crippen LogP contribution in [-0.2, 0) is 9.47 Å². The summed E-state index contributed by atoms with van der Waals surface area (Å²) in [6.07, 6.45) is 1.60. The first kappa shape index (κ1) is 14.9. The smallest absolute Gasteiger partial charge is 0.244 e. The van der Waals surface area contributed by atoms with Gasteiger partial charge >= 0.3 is 0 Å². The first-order valence-corrected chi connectivity index (χ1v) is 6.85. The highest BCUT2D eigenvalue weighted by Crippen LogP contribution is 2.03. The van der Waals surface area contributed by atoms with Crippen molar-refractivity contribution in [2.24, 2.45) is 0 Å². The van der Waals surface area contributed by atoms with Gasteiger partial charge in [-0.15, -0.1) is 5.10 Å². The number of ether oxygens (including phenoxy) is 2. The summed E-state index contributed by atoms with van der Waals surface area (Å²) in [6, 6.07) is 0. The minimum atomic E-state index is 0.542. The van der Waals surface area contributed by atoms with Crippen molar-refractivity contribution in [1.82, 2.24) is 20.1 Å². The Morgan fingerprint density at radius 1 is 1.30 bits per heavy atom. The van der Waals surface area contributed by atoms with E-state index in [4.69, 9.17) is 9.47 Å². The molecule has 0 aromatic carbocycles. The van der Waals surface area contributed by atoms with Crippen molar-refractivity contribution in [2.75, 3.05) is 70.3 Å². The quantitative estimate of drug-likeness (QED) is 0.627. The fourth-order valence-electron chi connectivity index (χ4n) is 1.90. The number of anilines is 2. The van der Waals surface area contributed by atoms with Gasteiger partial charge in [-0.3, -0.25) is 4.90 Å². The van der Waals surface area contributed by atoms with E-state index in [1.165, 1.54) is 0 Å². The van der Waals surface area contributed by atoms with Crippen LogP contribution in [0.4, 0.5) is 11.8 Å². The van der Waals surface area contributed by atoms with E-state index in [1.54, 1.807) is 13.3 Å². The minimum absolute atomic E-state index is 0.542. The van der Waals surface area contributed by atoms with E-state index < -0.39 is 0 Å². The van der Waals surface area contributed by atoms with Crippen LogP contribution in [-0.4, -0.2) is 79.7 Å². The van der Waals surface area contributed by atoms with Crippen molar-refractivity contribution in [2.45, 2.75) is 0 Å². The van der Waals surface area contributed by atoms with E-state index in [-0.39, 0.29) is 0 Å². The lowest BCUT2D eigenvalue weighted by molar-refractivity contribution is 0.0398. The normalized spacial score (nSPS) is 16.1. The van der Waals surface area contributed by atoms with Crippen LogP contribution in [0, 0.1) is 0 Å². The van der Waals surface area contributed by atoms with Gasteiger partial charge in [0.15, 0.2) is 5.82 Å². The van der Waals surface area contributed by atoms with Gasteiger partial charge in [0.05, 0.1) is 26.0 Å². The minimum Gasteiger partial charge on any atom is -0.383 e. The van der Waals surface area contributed by atoms with E-state index in [0.29, 0.717) is 24.9 Å². The van der Waals surface area contributed by atoms with Crippen molar-refractivity contribution in [3.05, 3.63) is 6.20 Å². The lowest BCUT2D eigenvalue weighted by Crippen LogP contribution is -2.39. The van der Waals surface area contributed by atoms with Gasteiger partial charge in [0.25, 0.3) is 0 Å². The first-order valence-electron chi connectivity index (χ1n) is 6.85. The number of rotatable bonds is 8. The monoisotopic (exact) mass is 282 g/mol. The molecule has 2 N–H and O–H groups in total. The summed E-state index contributed by atoms with van der Waals surface area (Å²) in [5.41, 5.74) is 0. The molecular weight excluding hydrogens is 260 g/mol. The molecule has 20 heavy (non-hydrogen) atoms. The molecule has 2 rings (SSSR count). The van der Waals surface area contributed by atoms with E-state index in [2.05, 4.69) is 30.7 Å². The zero-order chi connectivity index (χ0) is 14.0. The maximum Gasteiger partial charge on any atom is 0.244 e. The summed E-state index contributed by atoms with van der Waals surface area (Å²) in [7, 11) is 1.67. The topological polar surface area (TPSA) is 84.4 Å². The van der Waals surface area contributed by atoms with Crippen molar-refractivity contribution in [3.63, 3.8) is 0 Å². The number of methoxy groups -OCH3 is 1. The SMILES string of the molecule is COCCNc1cnnc(NCCN2CCOCC2)n1. The second-order valence-electron chi connectivity index (χ2n) is 4.47. The van der Waals surface area contributed by atoms with Crippen molar-refractivity contribution < 1.29 is 9.47 Å². The van der Waals surface area contributed by atoms with Gasteiger partial charge in [-0.05, 0) is 0 Å². The molecule has 8 heteroatoms. The van der Waals surface area contributed by atoms with Crippen LogP contribution in [0.1, 0.15) is 0 Å². The van der Waals surface area contributed by atoms with E-state index in [1.807, 2.05) is 0 Å². The molecule has 2 heterocycles. The Balaban J connectivity index is 1.70. The summed E-state index contributed by atoms with van der Waals surface area (Å²) in [6.45, 7) is 6.68. The molecule has 1 aromatic heterocycles. The maximum absolute atomic E-state index is 5.31. The molecule has 0 radical (unpaired) electrons. The number of nitrogens with one attached hydrogen (secondary N) is 2. The largest absolute Gasteiger partial charge is 0.383 e. The number of nitrogens with zero attached hydrogens (tertiary/aromatic N) is 4. The Morgan fingerprint density at radius 2 is 2.15 bits per heavy atom. The Kier molecular flexibility index (Phi) is 6.42. The molecule has 0 saturated carbocycles. The molecule has 112 valence electrons. The number of morpholine rings is 1. The molecule has 1 aromatic rings.